The van der Waals surface area contributed by atoms with Crippen LogP contribution in [0.25, 0.3) is 10.9 Å². The molecule has 20 heavy (non-hydrogen) atoms. The third kappa shape index (κ3) is 2.24. The number of aromatic nitrogens is 1. The molecule has 3 rings (SSSR count). The minimum Gasteiger partial charge on any atom is -0.361 e. The Morgan fingerprint density at radius 3 is 3.15 bits per heavy atom. The molecule has 0 spiro atoms. The van der Waals surface area contributed by atoms with E-state index in [0.29, 0.717) is 6.54 Å². The second-order valence-corrected chi connectivity index (χ2v) is 5.27. The highest BCUT2D eigenvalue weighted by Crippen LogP contribution is 2.32. The van der Waals surface area contributed by atoms with Crippen LogP contribution >= 0.6 is 0 Å². The number of benzene rings is 1. The number of carbonyl (C=O) groups is 1. The monoisotopic (exact) mass is 275 g/mol. The first-order chi connectivity index (χ1) is 9.69. The zero-order valence-corrected chi connectivity index (χ0v) is 11.4. The van der Waals surface area contributed by atoms with Crippen LogP contribution in [0.1, 0.15) is 24.3 Å². The standard InChI is InChI=1S/C15H18FN3O/c1-17-15(20)19-6-2-3-10(9-19)13-8-18-14-5-4-11(16)7-12(13)14/h4-5,7-8,10,18H,2-3,6,9H2,1H3,(H,17,20). The number of urea groups is 1. The summed E-state index contributed by atoms with van der Waals surface area (Å²) in [6.45, 7) is 1.47. The van der Waals surface area contributed by atoms with E-state index in [0.717, 1.165) is 35.9 Å². The average molecular weight is 275 g/mol. The van der Waals surface area contributed by atoms with Gasteiger partial charge in [-0.15, -0.1) is 0 Å². The second-order valence-electron chi connectivity index (χ2n) is 5.27. The van der Waals surface area contributed by atoms with Crippen LogP contribution in [-0.4, -0.2) is 36.1 Å². The SMILES string of the molecule is CNC(=O)N1CCCC(c2c[nH]c3ccc(F)cc23)C1. The molecule has 2 heterocycles. The summed E-state index contributed by atoms with van der Waals surface area (Å²) >= 11 is 0. The zero-order chi connectivity index (χ0) is 14.1. The molecule has 0 radical (unpaired) electrons. The molecule has 106 valence electrons. The highest BCUT2D eigenvalue weighted by atomic mass is 19.1. The fourth-order valence-corrected chi connectivity index (χ4v) is 3.03. The maximum absolute atomic E-state index is 13.4. The molecule has 1 saturated heterocycles. The zero-order valence-electron chi connectivity index (χ0n) is 11.4. The van der Waals surface area contributed by atoms with E-state index < -0.39 is 0 Å². The number of halogens is 1. The van der Waals surface area contributed by atoms with Crippen molar-refractivity contribution < 1.29 is 9.18 Å². The summed E-state index contributed by atoms with van der Waals surface area (Å²) in [4.78, 5) is 16.8. The summed E-state index contributed by atoms with van der Waals surface area (Å²) in [5, 5.41) is 3.59. The van der Waals surface area contributed by atoms with Crippen LogP contribution < -0.4 is 5.32 Å². The van der Waals surface area contributed by atoms with Crippen LogP contribution in [-0.2, 0) is 0 Å². The highest BCUT2D eigenvalue weighted by molar-refractivity contribution is 5.84. The summed E-state index contributed by atoms with van der Waals surface area (Å²) < 4.78 is 13.4. The van der Waals surface area contributed by atoms with Gasteiger partial charge >= 0.3 is 6.03 Å². The van der Waals surface area contributed by atoms with Crippen molar-refractivity contribution in [1.29, 1.82) is 0 Å². The molecule has 0 saturated carbocycles. The predicted octanol–water partition coefficient (Wildman–Crippen LogP) is 2.83. The molecule has 0 aliphatic carbocycles. The summed E-state index contributed by atoms with van der Waals surface area (Å²) in [6.07, 6.45) is 3.94. The first kappa shape index (κ1) is 13.0. The van der Waals surface area contributed by atoms with Crippen molar-refractivity contribution in [3.05, 3.63) is 35.8 Å². The lowest BCUT2D eigenvalue weighted by molar-refractivity contribution is 0.182. The minimum absolute atomic E-state index is 0.0410. The fraction of sp³-hybridized carbons (Fsp3) is 0.400. The van der Waals surface area contributed by atoms with Crippen LogP contribution in [0.15, 0.2) is 24.4 Å². The molecule has 2 aromatic rings. The summed E-state index contributed by atoms with van der Waals surface area (Å²) in [5.41, 5.74) is 2.05. The van der Waals surface area contributed by atoms with E-state index in [9.17, 15) is 9.18 Å². The molecular formula is C15H18FN3O. The molecule has 1 atom stereocenters. The number of carbonyl (C=O) groups excluding carboxylic acids is 1. The Morgan fingerprint density at radius 2 is 2.35 bits per heavy atom. The molecule has 1 aromatic carbocycles. The number of nitrogens with one attached hydrogen (secondary N) is 2. The lowest BCUT2D eigenvalue weighted by atomic mass is 9.90. The van der Waals surface area contributed by atoms with Gasteiger partial charge in [0.2, 0.25) is 0 Å². The fourth-order valence-electron chi connectivity index (χ4n) is 3.03. The van der Waals surface area contributed by atoms with Gasteiger partial charge in [-0.3, -0.25) is 0 Å². The van der Waals surface area contributed by atoms with Crippen LogP contribution in [0.4, 0.5) is 9.18 Å². The molecule has 1 unspecified atom stereocenters. The van der Waals surface area contributed by atoms with E-state index in [1.165, 1.54) is 6.07 Å². The lowest BCUT2D eigenvalue weighted by Crippen LogP contribution is -2.43. The molecule has 2 amide bonds. The highest BCUT2D eigenvalue weighted by Gasteiger charge is 2.25. The van der Waals surface area contributed by atoms with Crippen molar-refractivity contribution in [1.82, 2.24) is 15.2 Å². The third-order valence-electron chi connectivity index (χ3n) is 4.04. The number of amides is 2. The molecule has 1 aliphatic heterocycles. The van der Waals surface area contributed by atoms with Crippen molar-refractivity contribution in [2.24, 2.45) is 0 Å². The number of hydrogen-bond acceptors (Lipinski definition) is 1. The maximum Gasteiger partial charge on any atom is 0.317 e. The van der Waals surface area contributed by atoms with Gasteiger partial charge in [-0.1, -0.05) is 0 Å². The van der Waals surface area contributed by atoms with Crippen molar-refractivity contribution in [2.75, 3.05) is 20.1 Å². The second kappa shape index (κ2) is 5.15. The number of rotatable bonds is 1. The Hall–Kier alpha value is -2.04. The molecule has 0 bridgehead atoms. The van der Waals surface area contributed by atoms with Gasteiger partial charge in [-0.25, -0.2) is 9.18 Å². The van der Waals surface area contributed by atoms with Gasteiger partial charge < -0.3 is 15.2 Å². The van der Waals surface area contributed by atoms with Crippen LogP contribution in [0.3, 0.4) is 0 Å². The van der Waals surface area contributed by atoms with Crippen LogP contribution in [0.2, 0.25) is 0 Å². The molecular weight excluding hydrogens is 257 g/mol. The topological polar surface area (TPSA) is 48.1 Å². The Labute approximate surface area is 117 Å². The van der Waals surface area contributed by atoms with Gasteiger partial charge in [0, 0.05) is 43.2 Å². The lowest BCUT2D eigenvalue weighted by Gasteiger charge is -2.32. The quantitative estimate of drug-likeness (QED) is 0.826. The molecule has 2 N–H and O–H groups in total. The van der Waals surface area contributed by atoms with Crippen molar-refractivity contribution in [2.45, 2.75) is 18.8 Å². The largest absolute Gasteiger partial charge is 0.361 e. The Morgan fingerprint density at radius 1 is 1.50 bits per heavy atom. The van der Waals surface area contributed by atoms with E-state index >= 15 is 0 Å². The van der Waals surface area contributed by atoms with E-state index in [1.807, 2.05) is 11.1 Å². The van der Waals surface area contributed by atoms with Crippen molar-refractivity contribution >= 4 is 16.9 Å². The van der Waals surface area contributed by atoms with Crippen molar-refractivity contribution in [3.63, 3.8) is 0 Å². The minimum atomic E-state index is -0.225. The normalized spacial score (nSPS) is 19.3. The van der Waals surface area contributed by atoms with Gasteiger partial charge in [0.05, 0.1) is 0 Å². The summed E-state index contributed by atoms with van der Waals surface area (Å²) in [6, 6.07) is 4.74. The first-order valence-electron chi connectivity index (χ1n) is 6.92. The van der Waals surface area contributed by atoms with Gasteiger partial charge in [-0.2, -0.15) is 0 Å². The average Bonchev–Trinajstić information content (AvgIpc) is 2.89. The third-order valence-corrected chi connectivity index (χ3v) is 4.04. The molecule has 1 aromatic heterocycles. The van der Waals surface area contributed by atoms with E-state index in [1.54, 1.807) is 19.2 Å². The van der Waals surface area contributed by atoms with Gasteiger partial charge in [0.1, 0.15) is 5.82 Å². The number of hydrogen-bond donors (Lipinski definition) is 2. The van der Waals surface area contributed by atoms with E-state index in [-0.39, 0.29) is 17.8 Å². The molecule has 1 aliphatic rings. The number of aromatic amines is 1. The van der Waals surface area contributed by atoms with Crippen molar-refractivity contribution in [3.8, 4) is 0 Å². The van der Waals surface area contributed by atoms with Gasteiger partial charge in [0.15, 0.2) is 0 Å². The van der Waals surface area contributed by atoms with E-state index in [2.05, 4.69) is 10.3 Å². The van der Waals surface area contributed by atoms with Gasteiger partial charge in [0.25, 0.3) is 0 Å². The molecule has 5 heteroatoms. The summed E-state index contributed by atoms with van der Waals surface area (Å²) in [5.74, 6) is 0.0360. The number of nitrogens with zero attached hydrogens (tertiary/aromatic N) is 1. The Bertz CT molecular complexity index is 637. The predicted molar refractivity (Wildman–Crippen MR) is 76.3 cm³/mol. The number of likely N-dealkylation sites (tertiary alicyclic amines) is 1. The maximum atomic E-state index is 13.4. The Balaban J connectivity index is 1.90. The summed E-state index contributed by atoms with van der Waals surface area (Å²) in [7, 11) is 1.65. The smallest absolute Gasteiger partial charge is 0.317 e. The molecule has 1 fully saturated rings. The van der Waals surface area contributed by atoms with Crippen LogP contribution in [0.5, 0.6) is 0 Å². The molecule has 4 nitrogen and oxygen atoms in total. The Kier molecular flexibility index (Phi) is 3.34. The first-order valence-corrected chi connectivity index (χ1v) is 6.92. The number of H-pyrrole nitrogens is 1. The number of piperidine rings is 1. The number of fused-ring (bicyclic) bond motifs is 1. The van der Waals surface area contributed by atoms with Gasteiger partial charge in [-0.05, 0) is 36.6 Å². The van der Waals surface area contributed by atoms with E-state index in [4.69, 9.17) is 0 Å². The van der Waals surface area contributed by atoms with Crippen LogP contribution in [0, 0.1) is 5.82 Å².